The Bertz CT molecular complexity index is 565. The minimum Gasteiger partial charge on any atom is -0.439 e. The van der Waals surface area contributed by atoms with E-state index in [1.165, 1.54) is 6.20 Å². The Morgan fingerprint density at radius 2 is 1.95 bits per heavy atom. The number of hydrogen-bond acceptors (Lipinski definition) is 5. The molecule has 0 unspecified atom stereocenters. The smallest absolute Gasteiger partial charge is 0.219 e. The Balaban J connectivity index is 2.10. The molecule has 0 saturated carbocycles. The summed E-state index contributed by atoms with van der Waals surface area (Å²) in [6, 6.07) is 10.3. The molecular formula is C13H13N3O3. The molecule has 1 aromatic heterocycles. The molecule has 1 aromatic carbocycles. The van der Waals surface area contributed by atoms with Crippen LogP contribution in [-0.2, 0) is 6.61 Å². The van der Waals surface area contributed by atoms with Crippen LogP contribution in [0.4, 0.5) is 0 Å². The molecule has 1 heterocycles. The Kier molecular flexibility index (Phi) is 3.94. The first kappa shape index (κ1) is 12.8. The lowest BCUT2D eigenvalue weighted by Gasteiger charge is -2.05. The molecule has 0 saturated heterocycles. The molecule has 0 aliphatic rings. The van der Waals surface area contributed by atoms with Gasteiger partial charge in [0, 0.05) is 17.8 Å². The second kappa shape index (κ2) is 5.83. The first-order chi connectivity index (χ1) is 9.22. The molecule has 0 bridgehead atoms. The van der Waals surface area contributed by atoms with Crippen LogP contribution in [0.25, 0.3) is 0 Å². The lowest BCUT2D eigenvalue weighted by Crippen LogP contribution is -2.13. The Morgan fingerprint density at radius 1 is 1.21 bits per heavy atom. The van der Waals surface area contributed by atoms with Crippen molar-refractivity contribution in [1.82, 2.24) is 4.98 Å². The van der Waals surface area contributed by atoms with Crippen LogP contribution >= 0.6 is 0 Å². The Hall–Kier alpha value is -2.60. The summed E-state index contributed by atoms with van der Waals surface area (Å²) in [6.45, 7) is -0.00695. The van der Waals surface area contributed by atoms with Crippen LogP contribution in [-0.4, -0.2) is 21.1 Å². The van der Waals surface area contributed by atoms with Crippen molar-refractivity contribution in [2.24, 2.45) is 10.9 Å². The van der Waals surface area contributed by atoms with E-state index in [2.05, 4.69) is 10.1 Å². The average molecular weight is 259 g/mol. The number of oxime groups is 1. The zero-order valence-corrected chi connectivity index (χ0v) is 10.0. The van der Waals surface area contributed by atoms with E-state index in [9.17, 15) is 0 Å². The van der Waals surface area contributed by atoms with Gasteiger partial charge in [0.05, 0.1) is 6.61 Å². The van der Waals surface area contributed by atoms with Crippen molar-refractivity contribution in [3.8, 4) is 11.6 Å². The predicted octanol–water partition coefficient (Wildman–Crippen LogP) is 1.46. The van der Waals surface area contributed by atoms with E-state index in [0.717, 1.165) is 5.56 Å². The number of nitrogens with zero attached hydrogens (tertiary/aromatic N) is 2. The minimum absolute atomic E-state index is 0.00695. The molecule has 0 amide bonds. The van der Waals surface area contributed by atoms with Gasteiger partial charge < -0.3 is 20.8 Å². The lowest BCUT2D eigenvalue weighted by atomic mass is 10.2. The number of rotatable bonds is 4. The van der Waals surface area contributed by atoms with Gasteiger partial charge >= 0.3 is 0 Å². The highest BCUT2D eigenvalue weighted by Gasteiger charge is 2.02. The number of ether oxygens (including phenoxy) is 1. The van der Waals surface area contributed by atoms with E-state index in [-0.39, 0.29) is 12.4 Å². The van der Waals surface area contributed by atoms with Crippen LogP contribution < -0.4 is 10.5 Å². The molecule has 98 valence electrons. The number of hydrogen-bond donors (Lipinski definition) is 3. The third-order valence-corrected chi connectivity index (χ3v) is 2.47. The van der Waals surface area contributed by atoms with Crippen LogP contribution in [0.2, 0.25) is 0 Å². The van der Waals surface area contributed by atoms with Crippen molar-refractivity contribution >= 4 is 5.84 Å². The second-order valence-corrected chi connectivity index (χ2v) is 3.77. The van der Waals surface area contributed by atoms with Gasteiger partial charge in [0.2, 0.25) is 5.88 Å². The van der Waals surface area contributed by atoms with Gasteiger partial charge in [0.1, 0.15) is 5.75 Å². The molecule has 0 radical (unpaired) electrons. The highest BCUT2D eigenvalue weighted by molar-refractivity contribution is 5.96. The number of aliphatic hydroxyl groups excluding tert-OH is 1. The number of benzene rings is 1. The van der Waals surface area contributed by atoms with E-state index in [0.29, 0.717) is 17.2 Å². The fourth-order valence-corrected chi connectivity index (χ4v) is 1.43. The summed E-state index contributed by atoms with van der Waals surface area (Å²) < 4.78 is 5.51. The van der Waals surface area contributed by atoms with Crippen molar-refractivity contribution in [3.63, 3.8) is 0 Å². The second-order valence-electron chi connectivity index (χ2n) is 3.77. The number of nitrogens with two attached hydrogens (primary N) is 1. The van der Waals surface area contributed by atoms with E-state index < -0.39 is 0 Å². The maximum Gasteiger partial charge on any atom is 0.219 e. The minimum atomic E-state index is -0.00801. The van der Waals surface area contributed by atoms with Crippen molar-refractivity contribution in [2.75, 3.05) is 0 Å². The van der Waals surface area contributed by atoms with Crippen LogP contribution in [0, 0.1) is 0 Å². The maximum atomic E-state index is 8.93. The van der Waals surface area contributed by atoms with Gasteiger partial charge in [0.25, 0.3) is 0 Å². The fraction of sp³-hybridized carbons (Fsp3) is 0.0769. The Morgan fingerprint density at radius 3 is 2.47 bits per heavy atom. The molecule has 4 N–H and O–H groups in total. The highest BCUT2D eigenvalue weighted by atomic mass is 16.5. The number of aliphatic hydroxyl groups is 1. The van der Waals surface area contributed by atoms with Crippen LogP contribution in [0.1, 0.15) is 11.1 Å². The average Bonchev–Trinajstić information content (AvgIpc) is 2.48. The molecule has 19 heavy (non-hydrogen) atoms. The largest absolute Gasteiger partial charge is 0.439 e. The maximum absolute atomic E-state index is 8.93. The van der Waals surface area contributed by atoms with Crippen LogP contribution in [0.15, 0.2) is 47.8 Å². The summed E-state index contributed by atoms with van der Waals surface area (Å²) in [5, 5.41) is 20.3. The van der Waals surface area contributed by atoms with Crippen LogP contribution in [0.5, 0.6) is 11.6 Å². The predicted molar refractivity (Wildman–Crippen MR) is 69.2 cm³/mol. The normalized spacial score (nSPS) is 11.3. The zero-order valence-electron chi connectivity index (χ0n) is 10.0. The summed E-state index contributed by atoms with van der Waals surface area (Å²) in [5.41, 5.74) is 6.74. The fourth-order valence-electron chi connectivity index (χ4n) is 1.43. The molecule has 0 aliphatic heterocycles. The summed E-state index contributed by atoms with van der Waals surface area (Å²) in [7, 11) is 0. The molecule has 6 nitrogen and oxygen atoms in total. The van der Waals surface area contributed by atoms with Gasteiger partial charge in [-0.3, -0.25) is 0 Å². The lowest BCUT2D eigenvalue weighted by molar-refractivity contribution is 0.281. The molecule has 2 rings (SSSR count). The highest BCUT2D eigenvalue weighted by Crippen LogP contribution is 2.19. The van der Waals surface area contributed by atoms with E-state index in [4.69, 9.17) is 20.8 Å². The summed E-state index contributed by atoms with van der Waals surface area (Å²) in [6.07, 6.45) is 1.45. The van der Waals surface area contributed by atoms with Crippen molar-refractivity contribution in [1.29, 1.82) is 0 Å². The first-order valence-electron chi connectivity index (χ1n) is 5.54. The molecule has 0 atom stereocenters. The number of pyridine rings is 1. The van der Waals surface area contributed by atoms with Crippen molar-refractivity contribution in [3.05, 3.63) is 53.7 Å². The summed E-state index contributed by atoms with van der Waals surface area (Å²) in [5.74, 6) is 0.999. The van der Waals surface area contributed by atoms with Crippen molar-refractivity contribution < 1.29 is 15.1 Å². The van der Waals surface area contributed by atoms with Gasteiger partial charge in [0.15, 0.2) is 5.84 Å². The van der Waals surface area contributed by atoms with Gasteiger partial charge in [-0.2, -0.15) is 0 Å². The topological polar surface area (TPSA) is 101 Å². The van der Waals surface area contributed by atoms with Gasteiger partial charge in [-0.15, -0.1) is 0 Å². The van der Waals surface area contributed by atoms with E-state index in [1.54, 1.807) is 36.4 Å². The van der Waals surface area contributed by atoms with E-state index in [1.807, 2.05) is 0 Å². The molecule has 2 aromatic rings. The monoisotopic (exact) mass is 259 g/mol. The van der Waals surface area contributed by atoms with Gasteiger partial charge in [-0.05, 0) is 23.8 Å². The van der Waals surface area contributed by atoms with Crippen molar-refractivity contribution in [2.45, 2.75) is 6.61 Å². The van der Waals surface area contributed by atoms with Gasteiger partial charge in [-0.25, -0.2) is 4.98 Å². The SMILES string of the molecule is NC(=NO)c1ccc(Oc2ccc(CO)cc2)nc1. The zero-order chi connectivity index (χ0) is 13.7. The standard InChI is InChI=1S/C13H13N3O3/c14-13(16-18)10-3-6-12(15-7-10)19-11-4-1-9(8-17)2-5-11/h1-7,17-18H,8H2,(H2,14,16). The van der Waals surface area contributed by atoms with E-state index >= 15 is 0 Å². The Labute approximate surface area is 109 Å². The first-order valence-corrected chi connectivity index (χ1v) is 5.54. The molecular weight excluding hydrogens is 246 g/mol. The number of aromatic nitrogens is 1. The molecule has 0 fully saturated rings. The van der Waals surface area contributed by atoms with Crippen LogP contribution in [0.3, 0.4) is 0 Å². The molecule has 6 heteroatoms. The van der Waals surface area contributed by atoms with Gasteiger partial charge in [-0.1, -0.05) is 17.3 Å². The summed E-state index contributed by atoms with van der Waals surface area (Å²) >= 11 is 0. The summed E-state index contributed by atoms with van der Waals surface area (Å²) in [4.78, 5) is 4.04. The quantitative estimate of drug-likeness (QED) is 0.334. The molecule has 0 spiro atoms. The third kappa shape index (κ3) is 3.20. The number of amidine groups is 1. The molecule has 0 aliphatic carbocycles. The third-order valence-electron chi connectivity index (χ3n) is 2.47.